The lowest BCUT2D eigenvalue weighted by molar-refractivity contribution is 0.0677. The molecule has 0 bridgehead atoms. The number of fused-ring (bicyclic) bond motifs is 1. The van der Waals surface area contributed by atoms with Crippen molar-refractivity contribution in [2.24, 2.45) is 0 Å². The molecule has 1 atom stereocenters. The molecule has 4 heteroatoms. The number of likely N-dealkylation sites (tertiary alicyclic amines) is 1. The van der Waals surface area contributed by atoms with E-state index in [2.05, 4.69) is 4.90 Å². The second-order valence-electron chi connectivity index (χ2n) is 5.97. The van der Waals surface area contributed by atoms with E-state index < -0.39 is 5.60 Å². The molecule has 1 aromatic heterocycles. The molecule has 0 amide bonds. The highest BCUT2D eigenvalue weighted by molar-refractivity contribution is 6.32. The standard InChI is InChI=1S/C16H19ClN2O/c1-11-12-5-3-4-6-13(12)18-14(15(11)17)9-19-8-7-16(2,20)10-19/h3-6,20H,7-10H2,1-2H3. The molecule has 1 saturated heterocycles. The molecule has 3 nitrogen and oxygen atoms in total. The fourth-order valence-corrected chi connectivity index (χ4v) is 3.11. The van der Waals surface area contributed by atoms with Crippen molar-refractivity contribution in [3.8, 4) is 0 Å². The Bertz CT molecular complexity index is 654. The highest BCUT2D eigenvalue weighted by atomic mass is 35.5. The van der Waals surface area contributed by atoms with Crippen LogP contribution in [0.4, 0.5) is 0 Å². The van der Waals surface area contributed by atoms with Gasteiger partial charge in [0.1, 0.15) is 0 Å². The Kier molecular flexibility index (Phi) is 3.44. The van der Waals surface area contributed by atoms with Gasteiger partial charge in [-0.2, -0.15) is 0 Å². The summed E-state index contributed by atoms with van der Waals surface area (Å²) < 4.78 is 0. The number of nitrogens with zero attached hydrogens (tertiary/aromatic N) is 2. The monoisotopic (exact) mass is 290 g/mol. The molecule has 1 aromatic carbocycles. The Balaban J connectivity index is 1.94. The number of hydrogen-bond donors (Lipinski definition) is 1. The zero-order chi connectivity index (χ0) is 14.3. The summed E-state index contributed by atoms with van der Waals surface area (Å²) in [6, 6.07) is 8.06. The van der Waals surface area contributed by atoms with E-state index in [1.54, 1.807) is 0 Å². The fourth-order valence-electron chi connectivity index (χ4n) is 2.91. The summed E-state index contributed by atoms with van der Waals surface area (Å²) in [5.74, 6) is 0. The van der Waals surface area contributed by atoms with Crippen LogP contribution < -0.4 is 0 Å². The van der Waals surface area contributed by atoms with Gasteiger partial charge < -0.3 is 5.11 Å². The van der Waals surface area contributed by atoms with Crippen molar-refractivity contribution in [3.63, 3.8) is 0 Å². The first-order chi connectivity index (χ1) is 9.46. The minimum Gasteiger partial charge on any atom is -0.389 e. The van der Waals surface area contributed by atoms with Gasteiger partial charge in [0.2, 0.25) is 0 Å². The minimum absolute atomic E-state index is 0.585. The summed E-state index contributed by atoms with van der Waals surface area (Å²) in [7, 11) is 0. The number of halogens is 1. The maximum absolute atomic E-state index is 10.0. The Labute approximate surface area is 124 Å². The molecule has 0 spiro atoms. The second-order valence-corrected chi connectivity index (χ2v) is 6.35. The van der Waals surface area contributed by atoms with Crippen LogP contribution in [0.15, 0.2) is 24.3 Å². The van der Waals surface area contributed by atoms with Crippen LogP contribution in [0.1, 0.15) is 24.6 Å². The smallest absolute Gasteiger partial charge is 0.0758 e. The van der Waals surface area contributed by atoms with E-state index in [1.807, 2.05) is 38.1 Å². The van der Waals surface area contributed by atoms with Crippen molar-refractivity contribution in [2.45, 2.75) is 32.4 Å². The van der Waals surface area contributed by atoms with Crippen LogP contribution in [-0.4, -0.2) is 33.7 Å². The third-order valence-electron chi connectivity index (χ3n) is 4.05. The number of hydrogen-bond acceptors (Lipinski definition) is 3. The van der Waals surface area contributed by atoms with Gasteiger partial charge in [0.05, 0.1) is 21.8 Å². The molecule has 1 aliphatic heterocycles. The van der Waals surface area contributed by atoms with E-state index in [-0.39, 0.29) is 0 Å². The summed E-state index contributed by atoms with van der Waals surface area (Å²) in [5.41, 5.74) is 2.38. The number of rotatable bonds is 2. The highest BCUT2D eigenvalue weighted by Crippen LogP contribution is 2.29. The van der Waals surface area contributed by atoms with Crippen LogP contribution in [0.2, 0.25) is 5.02 Å². The van der Waals surface area contributed by atoms with Crippen LogP contribution in [0.5, 0.6) is 0 Å². The fraction of sp³-hybridized carbons (Fsp3) is 0.438. The lowest BCUT2D eigenvalue weighted by atomic mass is 10.1. The molecule has 1 fully saturated rings. The highest BCUT2D eigenvalue weighted by Gasteiger charge is 2.31. The molecule has 2 aromatic rings. The molecule has 0 saturated carbocycles. The van der Waals surface area contributed by atoms with Crippen molar-refractivity contribution >= 4 is 22.5 Å². The summed E-state index contributed by atoms with van der Waals surface area (Å²) in [4.78, 5) is 6.90. The van der Waals surface area contributed by atoms with Gasteiger partial charge in [-0.05, 0) is 31.9 Å². The van der Waals surface area contributed by atoms with Crippen LogP contribution in [0.3, 0.4) is 0 Å². The molecule has 0 aliphatic carbocycles. The summed E-state index contributed by atoms with van der Waals surface area (Å²) in [6.45, 7) is 6.18. The molecular weight excluding hydrogens is 272 g/mol. The lowest BCUT2D eigenvalue weighted by Gasteiger charge is -2.19. The van der Waals surface area contributed by atoms with Gasteiger partial charge >= 0.3 is 0 Å². The van der Waals surface area contributed by atoms with Gasteiger partial charge in [-0.15, -0.1) is 0 Å². The van der Waals surface area contributed by atoms with Crippen LogP contribution in [-0.2, 0) is 6.54 Å². The zero-order valence-corrected chi connectivity index (χ0v) is 12.6. The quantitative estimate of drug-likeness (QED) is 0.923. The third-order valence-corrected chi connectivity index (χ3v) is 4.55. The molecule has 106 valence electrons. The minimum atomic E-state index is -0.585. The van der Waals surface area contributed by atoms with Gasteiger partial charge in [-0.25, -0.2) is 4.98 Å². The van der Waals surface area contributed by atoms with Crippen LogP contribution in [0.25, 0.3) is 10.9 Å². The molecule has 2 heterocycles. The van der Waals surface area contributed by atoms with Crippen LogP contribution >= 0.6 is 11.6 Å². The van der Waals surface area contributed by atoms with Crippen molar-refractivity contribution in [3.05, 3.63) is 40.5 Å². The number of aromatic nitrogens is 1. The van der Waals surface area contributed by atoms with E-state index >= 15 is 0 Å². The van der Waals surface area contributed by atoms with Crippen molar-refractivity contribution in [1.82, 2.24) is 9.88 Å². The molecule has 1 unspecified atom stereocenters. The Hall–Kier alpha value is -1.16. The predicted molar refractivity (Wildman–Crippen MR) is 82.0 cm³/mol. The molecule has 20 heavy (non-hydrogen) atoms. The predicted octanol–water partition coefficient (Wildman–Crippen LogP) is 3.15. The van der Waals surface area contributed by atoms with Crippen molar-refractivity contribution in [2.75, 3.05) is 13.1 Å². The van der Waals surface area contributed by atoms with Gasteiger partial charge in [0, 0.05) is 25.0 Å². The topological polar surface area (TPSA) is 36.4 Å². The SMILES string of the molecule is Cc1c(Cl)c(CN2CCC(C)(O)C2)nc2ccccc12. The largest absolute Gasteiger partial charge is 0.389 e. The van der Waals surface area contributed by atoms with Crippen molar-refractivity contribution < 1.29 is 5.11 Å². The molecular formula is C16H19ClN2O. The maximum atomic E-state index is 10.0. The Morgan fingerprint density at radius 1 is 1.40 bits per heavy atom. The van der Waals surface area contributed by atoms with Gasteiger partial charge in [0.25, 0.3) is 0 Å². The average molecular weight is 291 g/mol. The van der Waals surface area contributed by atoms with E-state index in [0.717, 1.165) is 40.1 Å². The lowest BCUT2D eigenvalue weighted by Crippen LogP contribution is -2.29. The Morgan fingerprint density at radius 3 is 2.85 bits per heavy atom. The number of pyridine rings is 1. The van der Waals surface area contributed by atoms with Gasteiger partial charge in [-0.1, -0.05) is 29.8 Å². The normalized spacial score (nSPS) is 23.6. The summed E-state index contributed by atoms with van der Waals surface area (Å²) >= 11 is 6.47. The van der Waals surface area contributed by atoms with Crippen molar-refractivity contribution in [1.29, 1.82) is 0 Å². The maximum Gasteiger partial charge on any atom is 0.0758 e. The zero-order valence-electron chi connectivity index (χ0n) is 11.9. The number of aliphatic hydroxyl groups is 1. The molecule has 1 N–H and O–H groups in total. The second kappa shape index (κ2) is 4.99. The van der Waals surface area contributed by atoms with E-state index in [4.69, 9.17) is 16.6 Å². The van der Waals surface area contributed by atoms with E-state index in [1.165, 1.54) is 0 Å². The molecule has 0 radical (unpaired) electrons. The first-order valence-corrected chi connectivity index (χ1v) is 7.32. The van der Waals surface area contributed by atoms with E-state index in [0.29, 0.717) is 13.1 Å². The molecule has 3 rings (SSSR count). The van der Waals surface area contributed by atoms with Gasteiger partial charge in [0.15, 0.2) is 0 Å². The first kappa shape index (κ1) is 13.8. The number of benzene rings is 1. The summed E-state index contributed by atoms with van der Waals surface area (Å²) in [5, 5.41) is 11.9. The number of para-hydroxylation sites is 1. The molecule has 1 aliphatic rings. The van der Waals surface area contributed by atoms with Gasteiger partial charge in [-0.3, -0.25) is 4.90 Å². The van der Waals surface area contributed by atoms with Crippen LogP contribution in [0, 0.1) is 6.92 Å². The van der Waals surface area contributed by atoms with E-state index in [9.17, 15) is 5.11 Å². The third kappa shape index (κ3) is 2.53. The first-order valence-electron chi connectivity index (χ1n) is 6.95. The summed E-state index contributed by atoms with van der Waals surface area (Å²) in [6.07, 6.45) is 0.803. The Morgan fingerprint density at radius 2 is 2.15 bits per heavy atom. The number of β-amino-alcohol motifs (C(OH)–C–C–N with tert-alkyl or cyclic N) is 1. The average Bonchev–Trinajstić information content (AvgIpc) is 2.75. The number of aryl methyl sites for hydroxylation is 1.